The molecule has 0 unspecified atom stereocenters. The number of hydrogen-bond donors (Lipinski definition) is 2. The second-order valence-corrected chi connectivity index (χ2v) is 3.98. The molecule has 0 aliphatic heterocycles. The van der Waals surface area contributed by atoms with E-state index in [1.165, 1.54) is 23.0 Å². The van der Waals surface area contributed by atoms with Crippen LogP contribution in [-0.2, 0) is 7.05 Å². The Bertz CT molecular complexity index is 648. The number of amides is 1. The Morgan fingerprint density at radius 2 is 2.11 bits per heavy atom. The van der Waals surface area contributed by atoms with Crippen LogP contribution >= 0.6 is 0 Å². The smallest absolute Gasteiger partial charge is 0.354 e. The molecule has 7 heteroatoms. The number of rotatable bonds is 3. The number of aromatic nitrogens is 3. The van der Waals surface area contributed by atoms with Crippen molar-refractivity contribution in [2.24, 2.45) is 7.05 Å². The summed E-state index contributed by atoms with van der Waals surface area (Å²) >= 11 is 0. The molecule has 0 saturated heterocycles. The summed E-state index contributed by atoms with van der Waals surface area (Å²) in [5, 5.41) is 15.5. The number of pyridine rings is 1. The van der Waals surface area contributed by atoms with Crippen molar-refractivity contribution >= 4 is 17.6 Å². The molecule has 19 heavy (non-hydrogen) atoms. The molecular formula is C12H12N4O3. The molecule has 0 spiro atoms. The predicted molar refractivity (Wildman–Crippen MR) is 67.1 cm³/mol. The van der Waals surface area contributed by atoms with Crippen LogP contribution < -0.4 is 5.32 Å². The van der Waals surface area contributed by atoms with Gasteiger partial charge in [-0.3, -0.25) is 9.48 Å². The highest BCUT2D eigenvalue weighted by Crippen LogP contribution is 2.11. The van der Waals surface area contributed by atoms with Gasteiger partial charge in [0.15, 0.2) is 0 Å². The Morgan fingerprint density at radius 3 is 2.68 bits per heavy atom. The summed E-state index contributed by atoms with van der Waals surface area (Å²) in [7, 11) is 1.66. The lowest BCUT2D eigenvalue weighted by molar-refractivity contribution is 0.0690. The number of hydrogen-bond acceptors (Lipinski definition) is 4. The topological polar surface area (TPSA) is 97.1 Å². The van der Waals surface area contributed by atoms with Crippen molar-refractivity contribution in [2.75, 3.05) is 5.32 Å². The van der Waals surface area contributed by atoms with Crippen LogP contribution in [0.4, 0.5) is 5.69 Å². The molecule has 0 atom stereocenters. The van der Waals surface area contributed by atoms with Crippen molar-refractivity contribution in [1.82, 2.24) is 14.8 Å². The van der Waals surface area contributed by atoms with E-state index in [9.17, 15) is 9.59 Å². The average Bonchev–Trinajstić information content (AvgIpc) is 2.69. The number of nitrogens with one attached hydrogen (secondary N) is 1. The minimum atomic E-state index is -1.15. The lowest BCUT2D eigenvalue weighted by Crippen LogP contribution is -2.16. The van der Waals surface area contributed by atoms with Crippen LogP contribution in [0.5, 0.6) is 0 Å². The first-order valence-corrected chi connectivity index (χ1v) is 5.48. The largest absolute Gasteiger partial charge is 0.477 e. The van der Waals surface area contributed by atoms with Crippen LogP contribution in [0.1, 0.15) is 26.7 Å². The summed E-state index contributed by atoms with van der Waals surface area (Å²) < 4.78 is 1.46. The fourth-order valence-corrected chi connectivity index (χ4v) is 1.64. The molecule has 2 heterocycles. The van der Waals surface area contributed by atoms with Gasteiger partial charge in [-0.25, -0.2) is 9.78 Å². The second kappa shape index (κ2) is 4.89. The third-order valence-corrected chi connectivity index (χ3v) is 2.47. The van der Waals surface area contributed by atoms with Gasteiger partial charge in [-0.1, -0.05) is 0 Å². The molecule has 7 nitrogen and oxygen atoms in total. The van der Waals surface area contributed by atoms with Crippen LogP contribution in [0.2, 0.25) is 0 Å². The summed E-state index contributed by atoms with van der Waals surface area (Å²) in [5.74, 6) is -1.50. The van der Waals surface area contributed by atoms with Crippen LogP contribution in [0.15, 0.2) is 24.4 Å². The third kappa shape index (κ3) is 2.76. The van der Waals surface area contributed by atoms with Crippen LogP contribution in [0.3, 0.4) is 0 Å². The van der Waals surface area contributed by atoms with Gasteiger partial charge in [0.1, 0.15) is 11.4 Å². The molecule has 2 aromatic heterocycles. The number of aryl methyl sites for hydroxylation is 2. The summed E-state index contributed by atoms with van der Waals surface area (Å²) in [6.45, 7) is 1.78. The highest BCUT2D eigenvalue weighted by molar-refractivity contribution is 6.03. The van der Waals surface area contributed by atoms with E-state index in [0.29, 0.717) is 11.4 Å². The van der Waals surface area contributed by atoms with Crippen molar-refractivity contribution in [3.63, 3.8) is 0 Å². The van der Waals surface area contributed by atoms with E-state index in [4.69, 9.17) is 5.11 Å². The number of anilines is 1. The Balaban J connectivity index is 2.21. The SMILES string of the molecule is Cc1cc(C(=O)Nc2ccnc(C(=O)O)c2)n(C)n1. The lowest BCUT2D eigenvalue weighted by atomic mass is 10.3. The first kappa shape index (κ1) is 12.7. The highest BCUT2D eigenvalue weighted by atomic mass is 16.4. The number of aromatic carboxylic acids is 1. The number of carboxylic acids is 1. The van der Waals surface area contributed by atoms with Gasteiger partial charge in [0.05, 0.1) is 5.69 Å². The quantitative estimate of drug-likeness (QED) is 0.860. The molecule has 98 valence electrons. The van der Waals surface area contributed by atoms with Gasteiger partial charge in [-0.2, -0.15) is 5.10 Å². The Kier molecular flexibility index (Phi) is 3.28. The van der Waals surface area contributed by atoms with E-state index in [1.807, 2.05) is 0 Å². The Morgan fingerprint density at radius 1 is 1.37 bits per heavy atom. The molecule has 0 aliphatic rings. The molecule has 0 fully saturated rings. The summed E-state index contributed by atoms with van der Waals surface area (Å²) in [6, 6.07) is 4.46. The predicted octanol–water partition coefficient (Wildman–Crippen LogP) is 1.07. The van der Waals surface area contributed by atoms with E-state index >= 15 is 0 Å². The van der Waals surface area contributed by atoms with Crippen LogP contribution in [-0.4, -0.2) is 31.7 Å². The van der Waals surface area contributed by atoms with Crippen LogP contribution in [0, 0.1) is 6.92 Å². The van der Waals surface area contributed by atoms with Gasteiger partial charge in [0.2, 0.25) is 0 Å². The van der Waals surface area contributed by atoms with E-state index in [0.717, 1.165) is 5.69 Å². The molecule has 0 saturated carbocycles. The molecule has 2 aromatic rings. The van der Waals surface area contributed by atoms with Crippen molar-refractivity contribution in [3.05, 3.63) is 41.5 Å². The molecule has 1 amide bonds. The maximum atomic E-state index is 12.0. The number of carboxylic acid groups (broad SMARTS) is 1. The van der Waals surface area contributed by atoms with E-state index in [2.05, 4.69) is 15.4 Å². The minimum absolute atomic E-state index is 0.126. The van der Waals surface area contributed by atoms with Gasteiger partial charge in [-0.15, -0.1) is 0 Å². The first-order chi connectivity index (χ1) is 8.97. The molecular weight excluding hydrogens is 248 g/mol. The highest BCUT2D eigenvalue weighted by Gasteiger charge is 2.13. The molecule has 2 rings (SSSR count). The number of carbonyl (C=O) groups excluding carboxylic acids is 1. The van der Waals surface area contributed by atoms with Crippen molar-refractivity contribution in [1.29, 1.82) is 0 Å². The van der Waals surface area contributed by atoms with Gasteiger partial charge in [-0.05, 0) is 25.1 Å². The average molecular weight is 260 g/mol. The first-order valence-electron chi connectivity index (χ1n) is 5.48. The fraction of sp³-hybridized carbons (Fsp3) is 0.167. The van der Waals surface area contributed by atoms with Crippen molar-refractivity contribution in [2.45, 2.75) is 6.92 Å². The van der Waals surface area contributed by atoms with E-state index < -0.39 is 5.97 Å². The Hall–Kier alpha value is -2.70. The summed E-state index contributed by atoms with van der Waals surface area (Å²) in [5.41, 5.74) is 1.37. The van der Waals surface area contributed by atoms with Gasteiger partial charge >= 0.3 is 5.97 Å². The molecule has 0 aliphatic carbocycles. The molecule has 2 N–H and O–H groups in total. The monoisotopic (exact) mass is 260 g/mol. The standard InChI is InChI=1S/C12H12N4O3/c1-7-5-10(16(2)15-7)11(17)14-8-3-4-13-9(6-8)12(18)19/h3-6H,1-2H3,(H,18,19)(H,13,14,17). The summed E-state index contributed by atoms with van der Waals surface area (Å²) in [6.07, 6.45) is 1.33. The van der Waals surface area contributed by atoms with Gasteiger partial charge < -0.3 is 10.4 Å². The van der Waals surface area contributed by atoms with E-state index in [1.54, 1.807) is 20.0 Å². The van der Waals surface area contributed by atoms with Gasteiger partial charge in [0.25, 0.3) is 5.91 Å². The zero-order chi connectivity index (χ0) is 14.0. The molecule has 0 radical (unpaired) electrons. The van der Waals surface area contributed by atoms with Crippen LogP contribution in [0.25, 0.3) is 0 Å². The number of carbonyl (C=O) groups is 2. The maximum Gasteiger partial charge on any atom is 0.354 e. The van der Waals surface area contributed by atoms with Gasteiger partial charge in [0, 0.05) is 18.9 Å². The zero-order valence-electron chi connectivity index (χ0n) is 10.4. The minimum Gasteiger partial charge on any atom is -0.477 e. The zero-order valence-corrected chi connectivity index (χ0v) is 10.4. The normalized spacial score (nSPS) is 10.2. The second-order valence-electron chi connectivity index (χ2n) is 3.98. The lowest BCUT2D eigenvalue weighted by Gasteiger charge is -2.05. The summed E-state index contributed by atoms with van der Waals surface area (Å²) in [4.78, 5) is 26.4. The van der Waals surface area contributed by atoms with Crippen molar-refractivity contribution in [3.8, 4) is 0 Å². The third-order valence-electron chi connectivity index (χ3n) is 2.47. The van der Waals surface area contributed by atoms with E-state index in [-0.39, 0.29) is 11.6 Å². The molecule has 0 aromatic carbocycles. The molecule has 0 bridgehead atoms. The number of nitrogens with zero attached hydrogens (tertiary/aromatic N) is 3. The van der Waals surface area contributed by atoms with Crippen molar-refractivity contribution < 1.29 is 14.7 Å². The maximum absolute atomic E-state index is 12.0. The fourth-order valence-electron chi connectivity index (χ4n) is 1.64. The Labute approximate surface area is 108 Å².